The van der Waals surface area contributed by atoms with Crippen LogP contribution in [0.3, 0.4) is 0 Å². The third-order valence-corrected chi connectivity index (χ3v) is 6.87. The number of hydrogen-bond acceptors (Lipinski definition) is 10. The molecule has 10 nitrogen and oxygen atoms in total. The van der Waals surface area contributed by atoms with Crippen LogP contribution in [-0.4, -0.2) is 126 Å². The topological polar surface area (TPSA) is 83.4 Å². The van der Waals surface area contributed by atoms with Gasteiger partial charge in [0.2, 0.25) is 5.96 Å². The van der Waals surface area contributed by atoms with E-state index in [1.165, 1.54) is 0 Å². The number of fused-ring (bicyclic) bond motifs is 3. The second-order valence-electron chi connectivity index (χ2n) is 9.18. The second-order valence-corrected chi connectivity index (χ2v) is 9.18. The molecule has 4 aliphatic rings. The summed E-state index contributed by atoms with van der Waals surface area (Å²) in [7, 11) is 1.68. The number of nitrogens with one attached hydrogen (secondary N) is 1. The molecule has 0 spiro atoms. The molecule has 0 aromatic heterocycles. The highest BCUT2D eigenvalue weighted by molar-refractivity contribution is 6.16. The van der Waals surface area contributed by atoms with Crippen molar-refractivity contribution in [3.63, 3.8) is 0 Å². The normalized spacial score (nSPS) is 20.7. The summed E-state index contributed by atoms with van der Waals surface area (Å²) in [6.07, 6.45) is 2.01. The Hall–Kier alpha value is -2.40. The lowest BCUT2D eigenvalue weighted by molar-refractivity contribution is 0.0357. The lowest BCUT2D eigenvalue weighted by atomic mass is 10.1. The lowest BCUT2D eigenvalue weighted by Gasteiger charge is -2.30. The van der Waals surface area contributed by atoms with Crippen molar-refractivity contribution in [1.82, 2.24) is 20.0 Å². The molecule has 10 heteroatoms. The molecule has 5 rings (SSSR count). The Morgan fingerprint density at radius 3 is 2.37 bits per heavy atom. The third-order valence-electron chi connectivity index (χ3n) is 6.87. The molecule has 0 unspecified atom stereocenters. The van der Waals surface area contributed by atoms with Crippen LogP contribution in [0.15, 0.2) is 22.1 Å². The molecule has 0 atom stereocenters. The van der Waals surface area contributed by atoms with Gasteiger partial charge in [-0.1, -0.05) is 0 Å². The summed E-state index contributed by atoms with van der Waals surface area (Å²) in [4.78, 5) is 16.8. The fourth-order valence-corrected chi connectivity index (χ4v) is 4.96. The maximum atomic E-state index is 6.16. The van der Waals surface area contributed by atoms with E-state index in [4.69, 9.17) is 28.9 Å². The van der Waals surface area contributed by atoms with Crippen LogP contribution < -0.4 is 14.8 Å². The van der Waals surface area contributed by atoms with Gasteiger partial charge in [0.05, 0.1) is 46.7 Å². The minimum absolute atomic E-state index is 0.635. The average Bonchev–Trinajstić information content (AvgIpc) is 3.40. The number of rotatable bonds is 10. The number of methoxy groups -OCH3 is 1. The number of ether oxygens (including phenoxy) is 4. The number of guanidine groups is 1. The van der Waals surface area contributed by atoms with E-state index in [2.05, 4.69) is 26.1 Å². The maximum Gasteiger partial charge on any atom is 0.205 e. The van der Waals surface area contributed by atoms with Gasteiger partial charge in [0.1, 0.15) is 11.5 Å². The van der Waals surface area contributed by atoms with Crippen molar-refractivity contribution in [2.75, 3.05) is 99.0 Å². The zero-order valence-electron chi connectivity index (χ0n) is 20.8. The summed E-state index contributed by atoms with van der Waals surface area (Å²) in [6.45, 7) is 12.5. The highest BCUT2D eigenvalue weighted by Gasteiger charge is 2.32. The van der Waals surface area contributed by atoms with E-state index in [9.17, 15) is 0 Å². The highest BCUT2D eigenvalue weighted by atomic mass is 16.5. The molecule has 4 aliphatic heterocycles. The van der Waals surface area contributed by atoms with Crippen LogP contribution in [0, 0.1) is 0 Å². The fourth-order valence-electron chi connectivity index (χ4n) is 4.96. The van der Waals surface area contributed by atoms with Gasteiger partial charge in [-0.3, -0.25) is 19.7 Å². The van der Waals surface area contributed by atoms with Gasteiger partial charge < -0.3 is 24.3 Å². The van der Waals surface area contributed by atoms with Crippen LogP contribution in [0.5, 0.6) is 11.5 Å². The molecule has 0 saturated carbocycles. The van der Waals surface area contributed by atoms with Crippen molar-refractivity contribution in [2.24, 2.45) is 9.98 Å². The summed E-state index contributed by atoms with van der Waals surface area (Å²) in [5, 5.41) is 3.56. The monoisotopic (exact) mass is 486 g/mol. The Morgan fingerprint density at radius 2 is 1.66 bits per heavy atom. The summed E-state index contributed by atoms with van der Waals surface area (Å²) in [6, 6.07) is 4.05. The SMILES string of the molecule is COc1c(OCCCN2CCOCC2)ccc2c1N=C(NCCCN1CCOCC1)N1CCN=C21. The van der Waals surface area contributed by atoms with Gasteiger partial charge in [-0.05, 0) is 31.5 Å². The minimum Gasteiger partial charge on any atom is -0.491 e. The Bertz CT molecular complexity index is 911. The van der Waals surface area contributed by atoms with E-state index in [-0.39, 0.29) is 0 Å². The Balaban J connectivity index is 1.22. The molecule has 35 heavy (non-hydrogen) atoms. The molecule has 1 aromatic rings. The van der Waals surface area contributed by atoms with Crippen molar-refractivity contribution in [3.8, 4) is 11.5 Å². The van der Waals surface area contributed by atoms with E-state index >= 15 is 0 Å². The maximum absolute atomic E-state index is 6.16. The summed E-state index contributed by atoms with van der Waals surface area (Å²) >= 11 is 0. The quantitative estimate of drug-likeness (QED) is 0.494. The first kappa shape index (κ1) is 24.3. The van der Waals surface area contributed by atoms with Crippen LogP contribution in [0.2, 0.25) is 0 Å². The number of aliphatic imine (C=N–C) groups is 2. The lowest BCUT2D eigenvalue weighted by Crippen LogP contribution is -2.46. The van der Waals surface area contributed by atoms with E-state index < -0.39 is 0 Å². The van der Waals surface area contributed by atoms with Crippen molar-refractivity contribution < 1.29 is 18.9 Å². The van der Waals surface area contributed by atoms with Gasteiger partial charge in [-0.25, -0.2) is 4.99 Å². The van der Waals surface area contributed by atoms with E-state index in [0.717, 1.165) is 127 Å². The van der Waals surface area contributed by atoms with Gasteiger partial charge in [0.25, 0.3) is 0 Å². The van der Waals surface area contributed by atoms with Crippen molar-refractivity contribution >= 4 is 17.5 Å². The zero-order valence-corrected chi connectivity index (χ0v) is 20.8. The molecule has 0 aliphatic carbocycles. The average molecular weight is 487 g/mol. The van der Waals surface area contributed by atoms with Crippen molar-refractivity contribution in [1.29, 1.82) is 0 Å². The van der Waals surface area contributed by atoms with Crippen molar-refractivity contribution in [3.05, 3.63) is 17.7 Å². The van der Waals surface area contributed by atoms with Gasteiger partial charge in [0.15, 0.2) is 11.5 Å². The number of amidine groups is 1. The first-order chi connectivity index (χ1) is 17.3. The van der Waals surface area contributed by atoms with Gasteiger partial charge in [-0.15, -0.1) is 0 Å². The molecule has 0 bridgehead atoms. The Morgan fingerprint density at radius 1 is 0.943 bits per heavy atom. The number of morpholine rings is 2. The van der Waals surface area contributed by atoms with Crippen LogP contribution >= 0.6 is 0 Å². The predicted molar refractivity (Wildman–Crippen MR) is 135 cm³/mol. The number of nitrogens with zero attached hydrogens (tertiary/aromatic N) is 5. The first-order valence-electron chi connectivity index (χ1n) is 12.9. The molecule has 0 radical (unpaired) electrons. The van der Waals surface area contributed by atoms with E-state index in [0.29, 0.717) is 12.4 Å². The Kier molecular flexibility index (Phi) is 8.35. The molecule has 2 fully saturated rings. The molecule has 2 saturated heterocycles. The minimum atomic E-state index is 0.635. The van der Waals surface area contributed by atoms with Gasteiger partial charge in [-0.2, -0.15) is 0 Å². The molecule has 4 heterocycles. The van der Waals surface area contributed by atoms with Crippen LogP contribution in [0.1, 0.15) is 18.4 Å². The molecule has 1 aromatic carbocycles. The first-order valence-corrected chi connectivity index (χ1v) is 12.9. The summed E-state index contributed by atoms with van der Waals surface area (Å²) in [5.74, 6) is 3.22. The largest absolute Gasteiger partial charge is 0.491 e. The highest BCUT2D eigenvalue weighted by Crippen LogP contribution is 2.43. The zero-order chi connectivity index (χ0) is 23.9. The smallest absolute Gasteiger partial charge is 0.205 e. The van der Waals surface area contributed by atoms with Crippen LogP contribution in [-0.2, 0) is 9.47 Å². The van der Waals surface area contributed by atoms with Crippen molar-refractivity contribution in [2.45, 2.75) is 12.8 Å². The van der Waals surface area contributed by atoms with E-state index in [1.54, 1.807) is 7.11 Å². The van der Waals surface area contributed by atoms with Gasteiger partial charge in [0, 0.05) is 51.4 Å². The Labute approximate surface area is 207 Å². The number of hydrogen-bond donors (Lipinski definition) is 1. The summed E-state index contributed by atoms with van der Waals surface area (Å²) in [5.41, 5.74) is 1.80. The molecule has 0 amide bonds. The third kappa shape index (κ3) is 5.88. The second kappa shape index (κ2) is 12.0. The van der Waals surface area contributed by atoms with Crippen LogP contribution in [0.25, 0.3) is 0 Å². The summed E-state index contributed by atoms with van der Waals surface area (Å²) < 4.78 is 22.8. The molecule has 1 N–H and O–H groups in total. The predicted octanol–water partition coefficient (Wildman–Crippen LogP) is 1.17. The molecular weight excluding hydrogens is 448 g/mol. The van der Waals surface area contributed by atoms with Crippen LogP contribution in [0.4, 0.5) is 5.69 Å². The molecule has 192 valence electrons. The standard InChI is InChI=1S/C25H38N6O4/c1-32-23-21(35-15-3-9-30-13-18-34-19-14-30)5-4-20-22(23)28-25(31-10-7-26-24(20)31)27-6-2-8-29-11-16-33-17-12-29/h4-5H,2-3,6-19H2,1H3,(H,27,28). The fraction of sp³-hybridized carbons (Fsp3) is 0.680. The molecular formula is C25H38N6O4. The van der Waals surface area contributed by atoms with E-state index in [1.807, 2.05) is 6.07 Å². The van der Waals surface area contributed by atoms with Gasteiger partial charge >= 0.3 is 0 Å². The number of benzene rings is 1.